The molecule has 1 heterocycles. The number of hydrazone groups is 1. The van der Waals surface area contributed by atoms with Crippen molar-refractivity contribution in [3.8, 4) is 0 Å². The summed E-state index contributed by atoms with van der Waals surface area (Å²) >= 11 is 6.09. The number of benzene rings is 1. The van der Waals surface area contributed by atoms with Crippen molar-refractivity contribution < 1.29 is 4.79 Å². The third-order valence-electron chi connectivity index (χ3n) is 3.63. The Balaban J connectivity index is 1.91. The van der Waals surface area contributed by atoms with Crippen molar-refractivity contribution in [1.29, 1.82) is 5.41 Å². The van der Waals surface area contributed by atoms with Crippen molar-refractivity contribution in [3.05, 3.63) is 28.8 Å². The smallest absolute Gasteiger partial charge is 0.207 e. The van der Waals surface area contributed by atoms with E-state index in [-0.39, 0.29) is 11.9 Å². The van der Waals surface area contributed by atoms with Crippen molar-refractivity contribution in [1.82, 2.24) is 21.4 Å². The van der Waals surface area contributed by atoms with Crippen LogP contribution in [0.1, 0.15) is 25.3 Å². The lowest BCUT2D eigenvalue weighted by Crippen LogP contribution is -2.30. The largest absolute Gasteiger partial charge is 0.357 e. The lowest BCUT2D eigenvalue weighted by atomic mass is 10.1. The molecule has 1 aliphatic heterocycles. The van der Waals surface area contributed by atoms with Gasteiger partial charge in [-0.1, -0.05) is 11.6 Å². The fraction of sp³-hybridized carbons (Fsp3) is 0.412. The van der Waals surface area contributed by atoms with E-state index in [1.165, 1.54) is 0 Å². The van der Waals surface area contributed by atoms with Gasteiger partial charge in [0.25, 0.3) is 0 Å². The maximum atomic E-state index is 10.1. The van der Waals surface area contributed by atoms with Gasteiger partial charge in [0.2, 0.25) is 6.41 Å². The van der Waals surface area contributed by atoms with E-state index in [0.29, 0.717) is 35.8 Å². The van der Waals surface area contributed by atoms with E-state index >= 15 is 0 Å². The van der Waals surface area contributed by atoms with Crippen LogP contribution in [0.15, 0.2) is 28.3 Å². The Kier molecular flexibility index (Phi) is 8.04. The molecule has 1 amide bonds. The summed E-state index contributed by atoms with van der Waals surface area (Å²) in [5.41, 5.74) is 4.26. The van der Waals surface area contributed by atoms with Crippen LogP contribution < -0.4 is 21.4 Å². The van der Waals surface area contributed by atoms with Crippen LogP contribution in [-0.4, -0.2) is 50.0 Å². The van der Waals surface area contributed by atoms with Crippen molar-refractivity contribution in [2.75, 3.05) is 19.6 Å². The number of carbonyl (C=O) groups excluding carboxylic acids is 1. The van der Waals surface area contributed by atoms with Gasteiger partial charge in [0.05, 0.1) is 5.69 Å². The molecule has 0 saturated heterocycles. The Morgan fingerprint density at radius 1 is 1.46 bits per heavy atom. The molecular formula is C17H24ClN7O. The van der Waals surface area contributed by atoms with Gasteiger partial charge in [0, 0.05) is 48.9 Å². The van der Waals surface area contributed by atoms with Gasteiger partial charge in [-0.3, -0.25) is 15.2 Å². The van der Waals surface area contributed by atoms with Crippen LogP contribution in [-0.2, 0) is 4.79 Å². The number of amidine groups is 2. The standard InChI is InChI=1S/C17H24ClN7O/c1-12-9-16(25-24-12)23-17(19)14-10-13(18)3-4-15(14)22-6-2-5-20-7-8-21-11-26/h3-4,6,10-12,20,24H,2,5,7-9H2,1H3,(H,21,26)(H2,19,23,25)/b22-6+. The number of amides is 1. The first kappa shape index (κ1) is 19.9. The Hall–Kier alpha value is -2.45. The molecule has 0 fully saturated rings. The molecule has 0 radical (unpaired) electrons. The second-order valence-electron chi connectivity index (χ2n) is 5.88. The van der Waals surface area contributed by atoms with E-state index in [0.717, 1.165) is 25.2 Å². The number of nitrogens with one attached hydrogen (secondary N) is 5. The molecule has 1 unspecified atom stereocenters. The van der Waals surface area contributed by atoms with Crippen LogP contribution in [0.4, 0.5) is 5.69 Å². The normalized spacial score (nSPS) is 16.2. The number of halogens is 1. The summed E-state index contributed by atoms with van der Waals surface area (Å²) in [6.45, 7) is 4.09. The quantitative estimate of drug-likeness (QED) is 0.193. The van der Waals surface area contributed by atoms with Gasteiger partial charge in [-0.15, -0.1) is 0 Å². The van der Waals surface area contributed by atoms with E-state index in [1.807, 2.05) is 6.92 Å². The predicted octanol–water partition coefficient (Wildman–Crippen LogP) is 1.38. The second kappa shape index (κ2) is 10.5. The topological polar surface area (TPSA) is 114 Å². The van der Waals surface area contributed by atoms with Gasteiger partial charge in [-0.25, -0.2) is 0 Å². The Morgan fingerprint density at radius 2 is 2.31 bits per heavy atom. The van der Waals surface area contributed by atoms with Crippen molar-refractivity contribution >= 4 is 41.6 Å². The van der Waals surface area contributed by atoms with Gasteiger partial charge >= 0.3 is 0 Å². The minimum atomic E-state index is 0.215. The molecule has 9 heteroatoms. The maximum absolute atomic E-state index is 10.1. The van der Waals surface area contributed by atoms with Crippen molar-refractivity contribution in [2.45, 2.75) is 25.8 Å². The van der Waals surface area contributed by atoms with Gasteiger partial charge in [-0.2, -0.15) is 5.10 Å². The molecule has 1 atom stereocenters. The summed E-state index contributed by atoms with van der Waals surface area (Å²) < 4.78 is 0. The van der Waals surface area contributed by atoms with Gasteiger partial charge in [0.15, 0.2) is 0 Å². The second-order valence-corrected chi connectivity index (χ2v) is 6.31. The zero-order valence-electron chi connectivity index (χ0n) is 14.7. The first-order valence-corrected chi connectivity index (χ1v) is 8.86. The third kappa shape index (κ3) is 6.45. The molecular weight excluding hydrogens is 354 g/mol. The van der Waals surface area contributed by atoms with E-state index in [2.05, 4.69) is 31.5 Å². The van der Waals surface area contributed by atoms with Crippen LogP contribution in [0, 0.1) is 5.41 Å². The van der Waals surface area contributed by atoms with Crippen molar-refractivity contribution in [3.63, 3.8) is 0 Å². The molecule has 26 heavy (non-hydrogen) atoms. The summed E-state index contributed by atoms with van der Waals surface area (Å²) in [6, 6.07) is 5.53. The van der Waals surface area contributed by atoms with Crippen LogP contribution in [0.5, 0.6) is 0 Å². The highest BCUT2D eigenvalue weighted by atomic mass is 35.5. The number of rotatable bonds is 9. The molecule has 1 aliphatic rings. The zero-order valence-corrected chi connectivity index (χ0v) is 15.4. The average Bonchev–Trinajstić information content (AvgIpc) is 3.03. The van der Waals surface area contributed by atoms with E-state index < -0.39 is 0 Å². The van der Waals surface area contributed by atoms with Crippen molar-refractivity contribution in [2.24, 2.45) is 10.1 Å². The molecule has 8 nitrogen and oxygen atoms in total. The highest BCUT2D eigenvalue weighted by molar-refractivity contribution is 6.31. The van der Waals surface area contributed by atoms with Gasteiger partial charge in [-0.05, 0) is 31.5 Å². The first-order chi connectivity index (χ1) is 12.6. The summed E-state index contributed by atoms with van der Waals surface area (Å²) in [6.07, 6.45) is 3.96. The van der Waals surface area contributed by atoms with Gasteiger partial charge < -0.3 is 21.4 Å². The highest BCUT2D eigenvalue weighted by Gasteiger charge is 2.16. The maximum Gasteiger partial charge on any atom is 0.207 e. The molecule has 0 aromatic heterocycles. The summed E-state index contributed by atoms with van der Waals surface area (Å²) in [5, 5.41) is 21.8. The minimum Gasteiger partial charge on any atom is -0.357 e. The van der Waals surface area contributed by atoms with Crippen LogP contribution in [0.3, 0.4) is 0 Å². The summed E-state index contributed by atoms with van der Waals surface area (Å²) in [4.78, 5) is 14.6. The number of nitrogens with zero attached hydrogens (tertiary/aromatic N) is 2. The number of carbonyl (C=O) groups is 1. The molecule has 2 rings (SSSR count). The SMILES string of the molecule is CC1CC(NC(=N)c2cc(Cl)ccc2/N=C/CCNCCNC=O)=NN1. The summed E-state index contributed by atoms with van der Waals surface area (Å²) in [5.74, 6) is 0.943. The lowest BCUT2D eigenvalue weighted by Gasteiger charge is -2.10. The number of hydrogen-bond donors (Lipinski definition) is 5. The molecule has 1 aromatic rings. The zero-order chi connectivity index (χ0) is 18.8. The molecule has 0 saturated carbocycles. The third-order valence-corrected chi connectivity index (χ3v) is 3.86. The predicted molar refractivity (Wildman–Crippen MR) is 106 cm³/mol. The fourth-order valence-corrected chi connectivity index (χ4v) is 2.53. The molecule has 1 aromatic carbocycles. The summed E-state index contributed by atoms with van der Waals surface area (Å²) in [7, 11) is 0. The number of hydrogen-bond acceptors (Lipinski definition) is 6. The van der Waals surface area contributed by atoms with E-state index in [9.17, 15) is 4.79 Å². The van der Waals surface area contributed by atoms with Crippen LogP contribution >= 0.6 is 11.6 Å². The van der Waals surface area contributed by atoms with Crippen LogP contribution in [0.25, 0.3) is 0 Å². The fourth-order valence-electron chi connectivity index (χ4n) is 2.36. The van der Waals surface area contributed by atoms with Gasteiger partial charge in [0.1, 0.15) is 11.7 Å². The minimum absolute atomic E-state index is 0.215. The first-order valence-electron chi connectivity index (χ1n) is 8.48. The Morgan fingerprint density at radius 3 is 3.04 bits per heavy atom. The van der Waals surface area contributed by atoms with E-state index in [1.54, 1.807) is 24.4 Å². The number of aliphatic imine (C=N–C) groups is 1. The highest BCUT2D eigenvalue weighted by Crippen LogP contribution is 2.23. The molecule has 140 valence electrons. The molecule has 5 N–H and O–H groups in total. The Bertz CT molecular complexity index is 690. The molecule has 0 spiro atoms. The monoisotopic (exact) mass is 377 g/mol. The van der Waals surface area contributed by atoms with E-state index in [4.69, 9.17) is 17.0 Å². The van der Waals surface area contributed by atoms with Crippen LogP contribution in [0.2, 0.25) is 5.02 Å². The average molecular weight is 378 g/mol. The Labute approximate surface area is 158 Å². The molecule has 0 bridgehead atoms. The lowest BCUT2D eigenvalue weighted by molar-refractivity contribution is -0.109. The molecule has 0 aliphatic carbocycles.